The molecule has 1 atom stereocenters. The summed E-state index contributed by atoms with van der Waals surface area (Å²) >= 11 is 0. The van der Waals surface area contributed by atoms with E-state index in [-0.39, 0.29) is 0 Å². The molecule has 0 spiro atoms. The van der Waals surface area contributed by atoms with Gasteiger partial charge in [-0.15, -0.1) is 0 Å². The van der Waals surface area contributed by atoms with Gasteiger partial charge in [0.05, 0.1) is 6.61 Å². The van der Waals surface area contributed by atoms with Gasteiger partial charge in [0, 0.05) is 31.8 Å². The van der Waals surface area contributed by atoms with E-state index in [1.165, 1.54) is 45.1 Å². The molecule has 1 aliphatic carbocycles. The third kappa shape index (κ3) is 3.72. The number of likely N-dealkylation sites (N-methyl/N-ethyl adjacent to an activating group) is 1. The van der Waals surface area contributed by atoms with Crippen molar-refractivity contribution in [3.8, 4) is 0 Å². The van der Waals surface area contributed by atoms with Crippen molar-refractivity contribution >= 4 is 0 Å². The van der Waals surface area contributed by atoms with Gasteiger partial charge in [0.25, 0.3) is 0 Å². The highest BCUT2D eigenvalue weighted by Crippen LogP contribution is 2.21. The molecule has 1 saturated heterocycles. The summed E-state index contributed by atoms with van der Waals surface area (Å²) in [7, 11) is 2.28. The molecule has 0 aromatic heterocycles. The van der Waals surface area contributed by atoms with E-state index in [4.69, 9.17) is 4.74 Å². The zero-order chi connectivity index (χ0) is 11.2. The maximum absolute atomic E-state index is 5.35. The summed E-state index contributed by atoms with van der Waals surface area (Å²) in [6.07, 6.45) is 8.30. The number of ether oxygens (including phenoxy) is 1. The van der Waals surface area contributed by atoms with Crippen LogP contribution >= 0.6 is 0 Å². The summed E-state index contributed by atoms with van der Waals surface area (Å²) < 4.78 is 5.35. The molecule has 3 heteroatoms. The van der Waals surface area contributed by atoms with Crippen molar-refractivity contribution < 1.29 is 4.74 Å². The largest absolute Gasteiger partial charge is 0.380 e. The fourth-order valence-corrected chi connectivity index (χ4v) is 2.84. The smallest absolute Gasteiger partial charge is 0.0620 e. The molecule has 1 N–H and O–H groups in total. The van der Waals surface area contributed by atoms with E-state index >= 15 is 0 Å². The second-order valence-electron chi connectivity index (χ2n) is 5.29. The molecule has 1 saturated carbocycles. The number of rotatable bonds is 5. The van der Waals surface area contributed by atoms with Crippen molar-refractivity contribution in [1.29, 1.82) is 0 Å². The second-order valence-corrected chi connectivity index (χ2v) is 5.29. The molecule has 94 valence electrons. The minimum atomic E-state index is 0.611. The van der Waals surface area contributed by atoms with E-state index in [0.717, 1.165) is 25.8 Å². The van der Waals surface area contributed by atoms with Crippen LogP contribution in [0.15, 0.2) is 0 Å². The normalized spacial score (nSPS) is 27.8. The van der Waals surface area contributed by atoms with Gasteiger partial charge in [0.1, 0.15) is 0 Å². The van der Waals surface area contributed by atoms with Crippen molar-refractivity contribution in [3.63, 3.8) is 0 Å². The number of hydrogen-bond acceptors (Lipinski definition) is 3. The lowest BCUT2D eigenvalue weighted by atomic mass is 9.94. The van der Waals surface area contributed by atoms with E-state index in [1.807, 2.05) is 0 Å². The molecule has 0 amide bonds. The van der Waals surface area contributed by atoms with Gasteiger partial charge >= 0.3 is 0 Å². The monoisotopic (exact) mass is 226 g/mol. The fraction of sp³-hybridized carbons (Fsp3) is 1.00. The SMILES string of the molecule is CN(CCNC1CCOC1)C1CCCCC1. The molecule has 2 fully saturated rings. The molecule has 1 heterocycles. The summed E-state index contributed by atoms with van der Waals surface area (Å²) in [5.74, 6) is 0. The maximum Gasteiger partial charge on any atom is 0.0620 e. The highest BCUT2D eigenvalue weighted by molar-refractivity contribution is 4.76. The Morgan fingerprint density at radius 2 is 2.00 bits per heavy atom. The molecule has 0 radical (unpaired) electrons. The first-order valence-corrected chi connectivity index (χ1v) is 6.87. The molecule has 0 aromatic rings. The van der Waals surface area contributed by atoms with Crippen molar-refractivity contribution in [2.24, 2.45) is 0 Å². The summed E-state index contributed by atoms with van der Waals surface area (Å²) in [6, 6.07) is 1.45. The van der Waals surface area contributed by atoms with Gasteiger partial charge in [-0.05, 0) is 26.3 Å². The topological polar surface area (TPSA) is 24.5 Å². The van der Waals surface area contributed by atoms with Gasteiger partial charge in [0.2, 0.25) is 0 Å². The molecule has 3 nitrogen and oxygen atoms in total. The summed E-state index contributed by atoms with van der Waals surface area (Å²) in [4.78, 5) is 2.54. The van der Waals surface area contributed by atoms with Gasteiger partial charge in [-0.1, -0.05) is 19.3 Å². The average Bonchev–Trinajstić information content (AvgIpc) is 2.83. The summed E-state index contributed by atoms with van der Waals surface area (Å²) in [5.41, 5.74) is 0. The quantitative estimate of drug-likeness (QED) is 0.771. The minimum Gasteiger partial charge on any atom is -0.380 e. The van der Waals surface area contributed by atoms with Crippen molar-refractivity contribution in [1.82, 2.24) is 10.2 Å². The summed E-state index contributed by atoms with van der Waals surface area (Å²) in [5, 5.41) is 3.58. The average molecular weight is 226 g/mol. The number of nitrogens with zero attached hydrogens (tertiary/aromatic N) is 1. The highest BCUT2D eigenvalue weighted by Gasteiger charge is 2.18. The first-order valence-electron chi connectivity index (χ1n) is 6.87. The van der Waals surface area contributed by atoms with E-state index in [1.54, 1.807) is 0 Å². The predicted molar refractivity (Wildman–Crippen MR) is 66.7 cm³/mol. The summed E-state index contributed by atoms with van der Waals surface area (Å²) in [6.45, 7) is 4.14. The van der Waals surface area contributed by atoms with Crippen molar-refractivity contribution in [2.75, 3.05) is 33.4 Å². The first kappa shape index (κ1) is 12.3. The van der Waals surface area contributed by atoms with Gasteiger partial charge in [-0.2, -0.15) is 0 Å². The molecule has 16 heavy (non-hydrogen) atoms. The zero-order valence-corrected chi connectivity index (χ0v) is 10.6. The van der Waals surface area contributed by atoms with Crippen molar-refractivity contribution in [3.05, 3.63) is 0 Å². The first-order chi connectivity index (χ1) is 7.86. The Morgan fingerprint density at radius 3 is 2.69 bits per heavy atom. The van der Waals surface area contributed by atoms with Gasteiger partial charge in [0.15, 0.2) is 0 Å². The molecule has 0 aromatic carbocycles. The standard InChI is InChI=1S/C13H26N2O/c1-15(13-5-3-2-4-6-13)9-8-14-12-7-10-16-11-12/h12-14H,2-11H2,1H3. The molecule has 0 bridgehead atoms. The lowest BCUT2D eigenvalue weighted by Crippen LogP contribution is -2.40. The Balaban J connectivity index is 1.57. The maximum atomic E-state index is 5.35. The van der Waals surface area contributed by atoms with Crippen LogP contribution in [-0.4, -0.2) is 50.3 Å². The zero-order valence-electron chi connectivity index (χ0n) is 10.6. The third-order valence-electron chi connectivity index (χ3n) is 4.03. The van der Waals surface area contributed by atoms with E-state index in [9.17, 15) is 0 Å². The van der Waals surface area contributed by atoms with E-state index in [0.29, 0.717) is 6.04 Å². The third-order valence-corrected chi connectivity index (χ3v) is 4.03. The van der Waals surface area contributed by atoms with E-state index < -0.39 is 0 Å². The molecular formula is C13H26N2O. The van der Waals surface area contributed by atoms with Crippen LogP contribution in [0.5, 0.6) is 0 Å². The Labute approximate surface area is 99.5 Å². The van der Waals surface area contributed by atoms with Crippen LogP contribution < -0.4 is 5.32 Å². The lowest BCUT2D eigenvalue weighted by molar-refractivity contribution is 0.180. The van der Waals surface area contributed by atoms with Gasteiger partial charge in [-0.25, -0.2) is 0 Å². The molecule has 2 aliphatic rings. The van der Waals surface area contributed by atoms with Crippen LogP contribution in [0, 0.1) is 0 Å². The Bertz CT molecular complexity index is 186. The second kappa shape index (κ2) is 6.58. The molecule has 1 unspecified atom stereocenters. The molecule has 2 rings (SSSR count). The predicted octanol–water partition coefficient (Wildman–Crippen LogP) is 1.63. The number of hydrogen-bond donors (Lipinski definition) is 1. The fourth-order valence-electron chi connectivity index (χ4n) is 2.84. The van der Waals surface area contributed by atoms with Gasteiger partial charge in [-0.3, -0.25) is 0 Å². The van der Waals surface area contributed by atoms with Crippen molar-refractivity contribution in [2.45, 2.75) is 50.6 Å². The van der Waals surface area contributed by atoms with E-state index in [2.05, 4.69) is 17.3 Å². The van der Waals surface area contributed by atoms with Crippen LogP contribution in [0.2, 0.25) is 0 Å². The van der Waals surface area contributed by atoms with Crippen LogP contribution in [0.3, 0.4) is 0 Å². The molecule has 1 aliphatic heterocycles. The molecular weight excluding hydrogens is 200 g/mol. The Morgan fingerprint density at radius 1 is 1.19 bits per heavy atom. The minimum absolute atomic E-state index is 0.611. The number of nitrogens with one attached hydrogen (secondary N) is 1. The van der Waals surface area contributed by atoms with Crippen LogP contribution in [0.4, 0.5) is 0 Å². The van der Waals surface area contributed by atoms with Gasteiger partial charge < -0.3 is 15.0 Å². The van der Waals surface area contributed by atoms with Crippen LogP contribution in [-0.2, 0) is 4.74 Å². The Kier molecular flexibility index (Phi) is 5.07. The Hall–Kier alpha value is -0.120. The highest BCUT2D eigenvalue weighted by atomic mass is 16.5. The van der Waals surface area contributed by atoms with Crippen LogP contribution in [0.1, 0.15) is 38.5 Å². The van der Waals surface area contributed by atoms with Crippen LogP contribution in [0.25, 0.3) is 0 Å². The lowest BCUT2D eigenvalue weighted by Gasteiger charge is -2.31.